The normalized spacial score (nSPS) is 20.2. The van der Waals surface area contributed by atoms with E-state index in [1.54, 1.807) is 4.90 Å². The molecule has 30 heavy (non-hydrogen) atoms. The van der Waals surface area contributed by atoms with Gasteiger partial charge in [0, 0.05) is 51.0 Å². The molecule has 2 aliphatic rings. The fourth-order valence-corrected chi connectivity index (χ4v) is 4.18. The zero-order chi connectivity index (χ0) is 20.9. The number of aryl methyl sites for hydroxylation is 1. The molecule has 8 heteroatoms. The highest BCUT2D eigenvalue weighted by Crippen LogP contribution is 2.21. The third kappa shape index (κ3) is 4.99. The summed E-state index contributed by atoms with van der Waals surface area (Å²) in [5, 5.41) is 6.85. The Kier molecular flexibility index (Phi) is 6.32. The van der Waals surface area contributed by atoms with Crippen molar-refractivity contribution < 1.29 is 14.1 Å². The number of hydrogen-bond acceptors (Lipinski definition) is 5. The Morgan fingerprint density at radius 2 is 1.87 bits per heavy atom. The average molecular weight is 412 g/mol. The fraction of sp³-hybridized carbons (Fsp3) is 0.500. The number of nitrogens with zero attached hydrogens (tertiary/aromatic N) is 4. The smallest absolute Gasteiger partial charge is 0.321 e. The van der Waals surface area contributed by atoms with E-state index < -0.39 is 0 Å². The molecule has 0 aliphatic carbocycles. The molecule has 1 N–H and O–H groups in total. The topological polar surface area (TPSA) is 81.9 Å². The van der Waals surface area contributed by atoms with Gasteiger partial charge >= 0.3 is 6.03 Å². The predicted octanol–water partition coefficient (Wildman–Crippen LogP) is 2.57. The zero-order valence-corrected chi connectivity index (χ0v) is 17.4. The highest BCUT2D eigenvalue weighted by atomic mass is 16.5. The van der Waals surface area contributed by atoms with Gasteiger partial charge < -0.3 is 19.6 Å². The minimum Gasteiger partial charge on any atom is -0.360 e. The van der Waals surface area contributed by atoms with Crippen molar-refractivity contribution in [3.8, 4) is 0 Å². The number of amides is 3. The van der Waals surface area contributed by atoms with Crippen LogP contribution in [0.25, 0.3) is 0 Å². The molecule has 1 aromatic carbocycles. The number of hydrogen-bond donors (Lipinski definition) is 1. The van der Waals surface area contributed by atoms with Gasteiger partial charge in [0.2, 0.25) is 5.91 Å². The zero-order valence-electron chi connectivity index (χ0n) is 17.4. The van der Waals surface area contributed by atoms with Gasteiger partial charge in [0.05, 0.1) is 18.2 Å². The lowest BCUT2D eigenvalue weighted by Gasteiger charge is -2.38. The quantitative estimate of drug-likeness (QED) is 0.836. The van der Waals surface area contributed by atoms with E-state index in [1.807, 2.05) is 48.2 Å². The molecule has 1 aromatic heterocycles. The van der Waals surface area contributed by atoms with Gasteiger partial charge in [-0.3, -0.25) is 9.69 Å². The first-order valence-electron chi connectivity index (χ1n) is 10.6. The Labute approximate surface area is 176 Å². The highest BCUT2D eigenvalue weighted by molar-refractivity contribution is 5.90. The molecule has 1 unspecified atom stereocenters. The van der Waals surface area contributed by atoms with Crippen LogP contribution >= 0.6 is 0 Å². The van der Waals surface area contributed by atoms with Gasteiger partial charge in [0.15, 0.2) is 5.76 Å². The van der Waals surface area contributed by atoms with E-state index in [9.17, 15) is 9.59 Å². The largest absolute Gasteiger partial charge is 0.360 e. The number of nitrogens with one attached hydrogen (secondary N) is 1. The lowest BCUT2D eigenvalue weighted by atomic mass is 9.96. The lowest BCUT2D eigenvalue weighted by Crippen LogP contribution is -2.53. The number of piperazine rings is 1. The molecule has 3 heterocycles. The number of likely N-dealkylation sites (tertiary alicyclic amines) is 1. The van der Waals surface area contributed by atoms with Crippen molar-refractivity contribution in [2.24, 2.45) is 5.92 Å². The third-order valence-corrected chi connectivity index (χ3v) is 5.82. The van der Waals surface area contributed by atoms with Gasteiger partial charge in [-0.05, 0) is 31.9 Å². The van der Waals surface area contributed by atoms with Crippen LogP contribution in [0.1, 0.15) is 24.3 Å². The summed E-state index contributed by atoms with van der Waals surface area (Å²) in [4.78, 5) is 31.7. The molecule has 2 saturated heterocycles. The molecule has 4 rings (SSSR count). The molecule has 8 nitrogen and oxygen atoms in total. The first-order chi connectivity index (χ1) is 14.6. The van der Waals surface area contributed by atoms with Crippen LogP contribution in [0.3, 0.4) is 0 Å². The van der Waals surface area contributed by atoms with Crippen molar-refractivity contribution in [2.75, 3.05) is 44.6 Å². The molecule has 2 fully saturated rings. The fourth-order valence-electron chi connectivity index (χ4n) is 4.18. The van der Waals surface area contributed by atoms with Gasteiger partial charge in [0.1, 0.15) is 0 Å². The second-order valence-electron chi connectivity index (χ2n) is 8.12. The Bertz CT molecular complexity index is 861. The number of benzene rings is 1. The van der Waals surface area contributed by atoms with Crippen LogP contribution < -0.4 is 5.32 Å². The second kappa shape index (κ2) is 9.30. The molecular formula is C22H29N5O3. The molecule has 0 radical (unpaired) electrons. The summed E-state index contributed by atoms with van der Waals surface area (Å²) in [6.07, 6.45) is 1.69. The van der Waals surface area contributed by atoms with E-state index in [4.69, 9.17) is 4.52 Å². The van der Waals surface area contributed by atoms with Gasteiger partial charge in [-0.15, -0.1) is 0 Å². The summed E-state index contributed by atoms with van der Waals surface area (Å²) in [5.74, 6) is 0.908. The number of urea groups is 1. The molecule has 0 saturated carbocycles. The van der Waals surface area contributed by atoms with Gasteiger partial charge in [-0.1, -0.05) is 23.4 Å². The molecule has 2 aromatic rings. The van der Waals surface area contributed by atoms with Crippen LogP contribution in [0, 0.1) is 12.8 Å². The number of carbonyl (C=O) groups is 2. The highest BCUT2D eigenvalue weighted by Gasteiger charge is 2.32. The van der Waals surface area contributed by atoms with Crippen LogP contribution in [0.4, 0.5) is 10.5 Å². The first-order valence-corrected chi connectivity index (χ1v) is 10.6. The minimum atomic E-state index is -0.133. The van der Waals surface area contributed by atoms with Crippen molar-refractivity contribution in [1.82, 2.24) is 19.9 Å². The first kappa shape index (κ1) is 20.4. The van der Waals surface area contributed by atoms with Crippen LogP contribution in [0.5, 0.6) is 0 Å². The maximum Gasteiger partial charge on any atom is 0.321 e. The summed E-state index contributed by atoms with van der Waals surface area (Å²) < 4.78 is 5.30. The Morgan fingerprint density at radius 3 is 2.57 bits per heavy atom. The second-order valence-corrected chi connectivity index (χ2v) is 8.12. The molecule has 1 atom stereocenters. The standard InChI is InChI=1S/C22H29N5O3/c1-17-14-20(30-24-17)16-25-10-12-26(13-11-25)21(28)18-6-5-9-27(15-18)22(29)23-19-7-3-2-4-8-19/h2-4,7-8,14,18H,5-6,9-13,15-16H2,1H3,(H,23,29). The van der Waals surface area contributed by atoms with Crippen LogP contribution in [-0.4, -0.2) is 71.1 Å². The number of para-hydroxylation sites is 1. The van der Waals surface area contributed by atoms with E-state index in [1.165, 1.54) is 0 Å². The maximum atomic E-state index is 13.1. The van der Waals surface area contributed by atoms with Crippen molar-refractivity contribution in [3.05, 3.63) is 47.9 Å². The monoisotopic (exact) mass is 411 g/mol. The molecule has 0 bridgehead atoms. The molecule has 160 valence electrons. The molecule has 0 spiro atoms. The summed E-state index contributed by atoms with van der Waals surface area (Å²) in [6, 6.07) is 11.2. The maximum absolute atomic E-state index is 13.1. The van der Waals surface area contributed by atoms with E-state index in [0.29, 0.717) is 26.2 Å². The third-order valence-electron chi connectivity index (χ3n) is 5.82. The molecule has 2 aliphatic heterocycles. The number of carbonyl (C=O) groups excluding carboxylic acids is 2. The van der Waals surface area contributed by atoms with Crippen molar-refractivity contribution in [3.63, 3.8) is 0 Å². The van der Waals surface area contributed by atoms with Crippen molar-refractivity contribution in [2.45, 2.75) is 26.3 Å². The Balaban J connectivity index is 1.26. The minimum absolute atomic E-state index is 0.122. The van der Waals surface area contributed by atoms with Crippen molar-refractivity contribution in [1.29, 1.82) is 0 Å². The number of piperidine rings is 1. The predicted molar refractivity (Wildman–Crippen MR) is 113 cm³/mol. The molecule has 3 amide bonds. The van der Waals surface area contributed by atoms with E-state index >= 15 is 0 Å². The summed E-state index contributed by atoms with van der Waals surface area (Å²) in [7, 11) is 0. The van der Waals surface area contributed by atoms with Gasteiger partial charge in [-0.25, -0.2) is 4.79 Å². The number of rotatable bonds is 4. The van der Waals surface area contributed by atoms with E-state index in [-0.39, 0.29) is 17.9 Å². The van der Waals surface area contributed by atoms with Crippen LogP contribution in [0.15, 0.2) is 40.9 Å². The Hall–Kier alpha value is -2.87. The van der Waals surface area contributed by atoms with E-state index in [2.05, 4.69) is 15.4 Å². The summed E-state index contributed by atoms with van der Waals surface area (Å²) in [5.41, 5.74) is 1.66. The SMILES string of the molecule is Cc1cc(CN2CCN(C(=O)C3CCCN(C(=O)Nc4ccccc4)C3)CC2)on1. The summed E-state index contributed by atoms with van der Waals surface area (Å²) >= 11 is 0. The van der Waals surface area contributed by atoms with Crippen LogP contribution in [-0.2, 0) is 11.3 Å². The summed E-state index contributed by atoms with van der Waals surface area (Å²) in [6.45, 7) is 6.85. The lowest BCUT2D eigenvalue weighted by molar-refractivity contribution is -0.138. The molecular weight excluding hydrogens is 382 g/mol. The number of aromatic nitrogens is 1. The number of anilines is 1. The van der Waals surface area contributed by atoms with Crippen LogP contribution in [0.2, 0.25) is 0 Å². The average Bonchev–Trinajstić information content (AvgIpc) is 3.19. The van der Waals surface area contributed by atoms with Gasteiger partial charge in [0.25, 0.3) is 0 Å². The van der Waals surface area contributed by atoms with Gasteiger partial charge in [-0.2, -0.15) is 0 Å². The van der Waals surface area contributed by atoms with E-state index in [0.717, 1.165) is 49.6 Å². The Morgan fingerprint density at radius 1 is 1.10 bits per heavy atom. The van der Waals surface area contributed by atoms with Crippen molar-refractivity contribution >= 4 is 17.6 Å².